The number of benzene rings is 1. The van der Waals surface area contributed by atoms with Gasteiger partial charge in [-0.2, -0.15) is 0 Å². The van der Waals surface area contributed by atoms with Gasteiger partial charge in [0.2, 0.25) is 0 Å². The molecule has 0 unspecified atom stereocenters. The molecule has 1 aromatic heterocycles. The van der Waals surface area contributed by atoms with Crippen LogP contribution in [0.5, 0.6) is 0 Å². The van der Waals surface area contributed by atoms with Crippen molar-refractivity contribution in [2.75, 3.05) is 6.61 Å². The van der Waals surface area contributed by atoms with E-state index in [-0.39, 0.29) is 12.3 Å². The number of aromatic nitrogens is 3. The molecule has 1 aromatic carbocycles. The predicted octanol–water partition coefficient (Wildman–Crippen LogP) is 1.30. The van der Waals surface area contributed by atoms with Crippen molar-refractivity contribution in [2.45, 2.75) is 27.0 Å². The van der Waals surface area contributed by atoms with E-state index in [1.807, 2.05) is 24.3 Å². The zero-order valence-electron chi connectivity index (χ0n) is 11.5. The molecule has 1 N–H and O–H groups in total. The molecule has 0 atom stereocenters. The minimum absolute atomic E-state index is 0.0235. The first-order valence-electron chi connectivity index (χ1n) is 6.41. The van der Waals surface area contributed by atoms with Crippen LogP contribution in [0, 0.1) is 6.92 Å². The molecule has 0 saturated heterocycles. The number of aliphatic hydroxyl groups excluding tert-OH is 1. The summed E-state index contributed by atoms with van der Waals surface area (Å²) in [5.41, 5.74) is 2.80. The highest BCUT2D eigenvalue weighted by molar-refractivity contribution is 5.88. The van der Waals surface area contributed by atoms with Crippen molar-refractivity contribution in [3.05, 3.63) is 46.8 Å². The third-order valence-electron chi connectivity index (χ3n) is 2.99. The number of hydrogen-bond acceptors (Lipinski definition) is 5. The average molecular weight is 275 g/mol. The van der Waals surface area contributed by atoms with Crippen LogP contribution in [0.25, 0.3) is 0 Å². The highest BCUT2D eigenvalue weighted by atomic mass is 16.5. The molecule has 0 amide bonds. The predicted molar refractivity (Wildman–Crippen MR) is 72.2 cm³/mol. The van der Waals surface area contributed by atoms with Crippen molar-refractivity contribution in [1.29, 1.82) is 0 Å². The Hall–Kier alpha value is -2.21. The van der Waals surface area contributed by atoms with E-state index in [1.165, 1.54) is 0 Å². The molecule has 2 aromatic rings. The van der Waals surface area contributed by atoms with Crippen LogP contribution in [0.3, 0.4) is 0 Å². The van der Waals surface area contributed by atoms with Gasteiger partial charge in [0, 0.05) is 0 Å². The minimum atomic E-state index is -0.452. The molecule has 0 fully saturated rings. The quantitative estimate of drug-likeness (QED) is 0.832. The summed E-state index contributed by atoms with van der Waals surface area (Å²) in [5, 5.41) is 16.8. The Morgan fingerprint density at radius 1 is 1.30 bits per heavy atom. The van der Waals surface area contributed by atoms with Crippen molar-refractivity contribution < 1.29 is 14.6 Å². The molecule has 2 rings (SSSR count). The number of carbonyl (C=O) groups excluding carboxylic acids is 1. The molecule has 6 heteroatoms. The van der Waals surface area contributed by atoms with E-state index in [9.17, 15) is 4.79 Å². The molecule has 0 bridgehead atoms. The van der Waals surface area contributed by atoms with Gasteiger partial charge in [0.25, 0.3) is 0 Å². The van der Waals surface area contributed by atoms with E-state index in [0.29, 0.717) is 18.8 Å². The summed E-state index contributed by atoms with van der Waals surface area (Å²) in [7, 11) is 0. The van der Waals surface area contributed by atoms with Crippen molar-refractivity contribution in [3.63, 3.8) is 0 Å². The zero-order valence-corrected chi connectivity index (χ0v) is 11.5. The normalized spacial score (nSPS) is 10.6. The topological polar surface area (TPSA) is 77.2 Å². The lowest BCUT2D eigenvalue weighted by molar-refractivity contribution is 0.0518. The molecule has 0 aliphatic heterocycles. The van der Waals surface area contributed by atoms with Crippen LogP contribution >= 0.6 is 0 Å². The average Bonchev–Trinajstić information content (AvgIpc) is 2.81. The number of rotatable bonds is 5. The Morgan fingerprint density at radius 3 is 2.55 bits per heavy atom. The van der Waals surface area contributed by atoms with Gasteiger partial charge < -0.3 is 9.84 Å². The maximum absolute atomic E-state index is 11.6. The Labute approximate surface area is 117 Å². The van der Waals surface area contributed by atoms with E-state index in [0.717, 1.165) is 11.1 Å². The summed E-state index contributed by atoms with van der Waals surface area (Å²) in [5.74, 6) is -0.452. The van der Waals surface area contributed by atoms with Gasteiger partial charge in [0.05, 0.1) is 25.5 Å². The first-order valence-corrected chi connectivity index (χ1v) is 6.41. The second kappa shape index (κ2) is 6.29. The van der Waals surface area contributed by atoms with Crippen LogP contribution in [0.15, 0.2) is 24.3 Å². The van der Waals surface area contributed by atoms with Gasteiger partial charge in [-0.05, 0) is 25.0 Å². The summed E-state index contributed by atoms with van der Waals surface area (Å²) in [6.07, 6.45) is 0. The smallest absolute Gasteiger partial charge is 0.360 e. The Balaban J connectivity index is 2.15. The molecule has 0 spiro atoms. The van der Waals surface area contributed by atoms with Crippen LogP contribution in [0.2, 0.25) is 0 Å². The third-order valence-corrected chi connectivity index (χ3v) is 2.99. The standard InChI is InChI=1S/C14H17N3O3/c1-3-20-14(19)13-10(2)17(16-15-13)8-11-4-6-12(9-18)7-5-11/h4-7,18H,3,8-9H2,1-2H3. The number of esters is 1. The van der Waals surface area contributed by atoms with E-state index in [4.69, 9.17) is 9.84 Å². The lowest BCUT2D eigenvalue weighted by Crippen LogP contribution is -2.09. The molecular formula is C14H17N3O3. The van der Waals surface area contributed by atoms with Gasteiger partial charge in [0.15, 0.2) is 5.69 Å². The number of aliphatic hydroxyl groups is 1. The summed E-state index contributed by atoms with van der Waals surface area (Å²) < 4.78 is 6.57. The monoisotopic (exact) mass is 275 g/mol. The fraction of sp³-hybridized carbons (Fsp3) is 0.357. The first-order chi connectivity index (χ1) is 9.65. The molecule has 0 saturated carbocycles. The zero-order chi connectivity index (χ0) is 14.5. The summed E-state index contributed by atoms with van der Waals surface area (Å²) in [4.78, 5) is 11.6. The maximum Gasteiger partial charge on any atom is 0.360 e. The SMILES string of the molecule is CCOC(=O)c1nnn(Cc2ccc(CO)cc2)c1C. The van der Waals surface area contributed by atoms with Crippen LogP contribution in [-0.4, -0.2) is 32.7 Å². The van der Waals surface area contributed by atoms with Crippen LogP contribution in [0.4, 0.5) is 0 Å². The van der Waals surface area contributed by atoms with Gasteiger partial charge >= 0.3 is 5.97 Å². The first kappa shape index (κ1) is 14.2. The van der Waals surface area contributed by atoms with Crippen molar-refractivity contribution >= 4 is 5.97 Å². The van der Waals surface area contributed by atoms with Crippen molar-refractivity contribution in [3.8, 4) is 0 Å². The van der Waals surface area contributed by atoms with Gasteiger partial charge in [-0.25, -0.2) is 9.48 Å². The third kappa shape index (κ3) is 3.03. The number of ether oxygens (including phenoxy) is 1. The molecule has 106 valence electrons. The number of carbonyl (C=O) groups is 1. The highest BCUT2D eigenvalue weighted by Crippen LogP contribution is 2.10. The molecular weight excluding hydrogens is 258 g/mol. The van der Waals surface area contributed by atoms with E-state index in [1.54, 1.807) is 18.5 Å². The summed E-state index contributed by atoms with van der Waals surface area (Å²) in [6.45, 7) is 4.39. The lowest BCUT2D eigenvalue weighted by atomic mass is 10.1. The van der Waals surface area contributed by atoms with E-state index in [2.05, 4.69) is 10.3 Å². The molecule has 20 heavy (non-hydrogen) atoms. The highest BCUT2D eigenvalue weighted by Gasteiger charge is 2.17. The fourth-order valence-corrected chi connectivity index (χ4v) is 1.82. The maximum atomic E-state index is 11.6. The fourth-order valence-electron chi connectivity index (χ4n) is 1.82. The molecule has 0 aliphatic rings. The van der Waals surface area contributed by atoms with Gasteiger partial charge in [-0.15, -0.1) is 5.10 Å². The summed E-state index contributed by atoms with van der Waals surface area (Å²) in [6, 6.07) is 7.54. The van der Waals surface area contributed by atoms with E-state index < -0.39 is 5.97 Å². The van der Waals surface area contributed by atoms with E-state index >= 15 is 0 Å². The van der Waals surface area contributed by atoms with Crippen LogP contribution in [0.1, 0.15) is 34.2 Å². The van der Waals surface area contributed by atoms with Gasteiger partial charge in [-0.1, -0.05) is 29.5 Å². The molecule has 0 radical (unpaired) electrons. The second-order valence-electron chi connectivity index (χ2n) is 4.38. The number of hydrogen-bond donors (Lipinski definition) is 1. The van der Waals surface area contributed by atoms with Crippen molar-refractivity contribution in [1.82, 2.24) is 15.0 Å². The molecule has 0 aliphatic carbocycles. The Kier molecular flexibility index (Phi) is 4.47. The van der Waals surface area contributed by atoms with Gasteiger partial charge in [-0.3, -0.25) is 0 Å². The minimum Gasteiger partial charge on any atom is -0.461 e. The Morgan fingerprint density at radius 2 is 1.95 bits per heavy atom. The van der Waals surface area contributed by atoms with Crippen LogP contribution < -0.4 is 0 Å². The Bertz CT molecular complexity index is 590. The number of nitrogens with zero attached hydrogens (tertiary/aromatic N) is 3. The van der Waals surface area contributed by atoms with Crippen molar-refractivity contribution in [2.24, 2.45) is 0 Å². The summed E-state index contributed by atoms with van der Waals surface area (Å²) >= 11 is 0. The second-order valence-corrected chi connectivity index (χ2v) is 4.38. The molecule has 6 nitrogen and oxygen atoms in total. The van der Waals surface area contributed by atoms with Crippen LogP contribution in [-0.2, 0) is 17.9 Å². The van der Waals surface area contributed by atoms with Gasteiger partial charge in [0.1, 0.15) is 0 Å². The largest absolute Gasteiger partial charge is 0.461 e. The lowest BCUT2D eigenvalue weighted by Gasteiger charge is -2.05. The molecule has 1 heterocycles.